The lowest BCUT2D eigenvalue weighted by Crippen LogP contribution is -2.48. The van der Waals surface area contributed by atoms with E-state index in [4.69, 9.17) is 9.84 Å². The van der Waals surface area contributed by atoms with E-state index < -0.39 is 17.2 Å². The SMILES string of the molecule is CC.CO.Fc1ccc(C23COCCC2CSC(NP)=N3)c(F)c1. The summed E-state index contributed by atoms with van der Waals surface area (Å²) in [6, 6.07) is 3.69. The number of hydrogen-bond acceptors (Lipinski definition) is 5. The second kappa shape index (κ2) is 10.3. The number of halogens is 2. The maximum atomic E-state index is 14.2. The van der Waals surface area contributed by atoms with Crippen LogP contribution in [0, 0.1) is 17.6 Å². The van der Waals surface area contributed by atoms with Crippen LogP contribution in [-0.2, 0) is 10.3 Å². The average molecular weight is 378 g/mol. The summed E-state index contributed by atoms with van der Waals surface area (Å²) in [5.41, 5.74) is -0.332. The van der Waals surface area contributed by atoms with Crippen molar-refractivity contribution < 1.29 is 18.6 Å². The Bertz CT molecular complexity index is 563. The molecule has 1 aromatic rings. The summed E-state index contributed by atoms with van der Waals surface area (Å²) in [5.74, 6) is -0.0857. The average Bonchev–Trinajstić information content (AvgIpc) is 2.64. The number of rotatable bonds is 1. The fourth-order valence-electron chi connectivity index (χ4n) is 2.82. The number of fused-ring (bicyclic) bond motifs is 1. The van der Waals surface area contributed by atoms with Crippen LogP contribution < -0.4 is 5.09 Å². The maximum absolute atomic E-state index is 14.2. The Morgan fingerprint density at radius 3 is 2.71 bits per heavy atom. The molecule has 4 nitrogen and oxygen atoms in total. The fraction of sp³-hybridized carbons (Fsp3) is 0.562. The minimum absolute atomic E-state index is 0.198. The van der Waals surface area contributed by atoms with Crippen molar-refractivity contribution in [1.29, 1.82) is 0 Å². The van der Waals surface area contributed by atoms with Crippen molar-refractivity contribution in [3.05, 3.63) is 35.4 Å². The van der Waals surface area contributed by atoms with Gasteiger partial charge in [0.15, 0.2) is 5.17 Å². The molecule has 2 aliphatic heterocycles. The van der Waals surface area contributed by atoms with Crippen LogP contribution in [0.25, 0.3) is 0 Å². The Labute approximate surface area is 148 Å². The van der Waals surface area contributed by atoms with E-state index in [9.17, 15) is 8.78 Å². The van der Waals surface area contributed by atoms with Crippen molar-refractivity contribution in [2.24, 2.45) is 10.9 Å². The summed E-state index contributed by atoms with van der Waals surface area (Å²) in [6.07, 6.45) is 0.831. The minimum atomic E-state index is -0.750. The first-order valence-corrected chi connectivity index (χ1v) is 9.39. The molecule has 8 heteroatoms. The van der Waals surface area contributed by atoms with Gasteiger partial charge < -0.3 is 14.9 Å². The summed E-state index contributed by atoms with van der Waals surface area (Å²) in [6.45, 7) is 4.99. The molecule has 0 aromatic heterocycles. The highest BCUT2D eigenvalue weighted by atomic mass is 32.2. The molecule has 3 unspecified atom stereocenters. The molecule has 0 radical (unpaired) electrons. The first-order valence-electron chi connectivity index (χ1n) is 7.83. The van der Waals surface area contributed by atoms with Gasteiger partial charge in [0.1, 0.15) is 17.2 Å². The second-order valence-electron chi connectivity index (χ2n) is 4.96. The Morgan fingerprint density at radius 2 is 2.08 bits per heavy atom. The molecule has 0 bridgehead atoms. The van der Waals surface area contributed by atoms with Crippen molar-refractivity contribution >= 4 is 26.3 Å². The molecule has 2 N–H and O–H groups in total. The monoisotopic (exact) mass is 378 g/mol. The summed E-state index contributed by atoms with van der Waals surface area (Å²) < 4.78 is 33.0. The molecule has 3 atom stereocenters. The molecule has 0 spiro atoms. The van der Waals surface area contributed by atoms with Crippen molar-refractivity contribution in [2.75, 3.05) is 26.1 Å². The molecule has 24 heavy (non-hydrogen) atoms. The lowest BCUT2D eigenvalue weighted by molar-refractivity contribution is 0.00292. The summed E-state index contributed by atoms with van der Waals surface area (Å²) in [7, 11) is 3.40. The van der Waals surface area contributed by atoms with Gasteiger partial charge >= 0.3 is 0 Å². The van der Waals surface area contributed by atoms with E-state index in [1.54, 1.807) is 11.8 Å². The van der Waals surface area contributed by atoms with Gasteiger partial charge in [-0.05, 0) is 21.9 Å². The zero-order valence-corrected chi connectivity index (χ0v) is 16.2. The standard InChI is InChI=1S/C13H15F2N2OPS.C2H6.CH4O/c14-9-1-2-10(11(15)5-9)13-7-18-4-3-8(13)6-20-12(16-13)17-19;2*1-2/h1-2,5,8H,3-4,6-7,19H2,(H,16,17);1-2H3;2H,1H3. The van der Waals surface area contributed by atoms with Crippen LogP contribution in [-0.4, -0.2) is 36.4 Å². The largest absolute Gasteiger partial charge is 0.400 e. The summed E-state index contributed by atoms with van der Waals surface area (Å²) in [5, 5.41) is 10.7. The van der Waals surface area contributed by atoms with E-state index in [0.29, 0.717) is 18.8 Å². The molecule has 2 heterocycles. The van der Waals surface area contributed by atoms with Gasteiger partial charge in [-0.25, -0.2) is 13.8 Å². The number of aliphatic imine (C=N–C) groups is 1. The lowest BCUT2D eigenvalue weighted by atomic mass is 9.76. The molecule has 1 fully saturated rings. The number of amidine groups is 1. The number of thioether (sulfide) groups is 1. The van der Waals surface area contributed by atoms with Crippen LogP contribution in [0.2, 0.25) is 0 Å². The van der Waals surface area contributed by atoms with Gasteiger partial charge in [0.2, 0.25) is 0 Å². The van der Waals surface area contributed by atoms with Crippen LogP contribution in [0.1, 0.15) is 25.8 Å². The molecule has 0 saturated carbocycles. The third-order valence-corrected chi connectivity index (χ3v) is 5.39. The molecule has 3 rings (SSSR count). The summed E-state index contributed by atoms with van der Waals surface area (Å²) in [4.78, 5) is 4.67. The second-order valence-corrected chi connectivity index (χ2v) is 6.26. The number of aliphatic hydroxyl groups is 1. The molecule has 0 amide bonds. The molecule has 0 aliphatic carbocycles. The zero-order chi connectivity index (χ0) is 18.2. The fourth-order valence-corrected chi connectivity index (χ4v) is 4.25. The lowest BCUT2D eigenvalue weighted by Gasteiger charge is -2.44. The van der Waals surface area contributed by atoms with Crippen molar-refractivity contribution in [2.45, 2.75) is 25.8 Å². The predicted octanol–water partition coefficient (Wildman–Crippen LogP) is 3.31. The normalized spacial score (nSPS) is 25.1. The molecule has 1 saturated heterocycles. The van der Waals surface area contributed by atoms with E-state index in [-0.39, 0.29) is 5.92 Å². The number of benzene rings is 1. The topological polar surface area (TPSA) is 53.9 Å². The Balaban J connectivity index is 0.000000671. The smallest absolute Gasteiger partial charge is 0.160 e. The van der Waals surface area contributed by atoms with Gasteiger partial charge in [0.05, 0.1) is 6.61 Å². The van der Waals surface area contributed by atoms with Gasteiger partial charge in [-0.15, -0.1) is 0 Å². The Hall–Kier alpha value is -0.750. The third-order valence-electron chi connectivity index (χ3n) is 3.85. The van der Waals surface area contributed by atoms with Crippen LogP contribution >= 0.6 is 21.2 Å². The highest BCUT2D eigenvalue weighted by Gasteiger charge is 2.47. The van der Waals surface area contributed by atoms with E-state index in [2.05, 4.69) is 19.5 Å². The van der Waals surface area contributed by atoms with Crippen LogP contribution in [0.15, 0.2) is 23.2 Å². The Kier molecular flexibility index (Phi) is 9.13. The highest BCUT2D eigenvalue weighted by molar-refractivity contribution is 8.14. The third kappa shape index (κ3) is 4.45. The maximum Gasteiger partial charge on any atom is 0.160 e. The van der Waals surface area contributed by atoms with Crippen LogP contribution in [0.5, 0.6) is 0 Å². The van der Waals surface area contributed by atoms with Crippen molar-refractivity contribution in [3.8, 4) is 0 Å². The molecule has 1 aromatic carbocycles. The van der Waals surface area contributed by atoms with Crippen molar-refractivity contribution in [1.82, 2.24) is 5.09 Å². The molecular weight excluding hydrogens is 353 g/mol. The molecule has 136 valence electrons. The van der Waals surface area contributed by atoms with Gasteiger partial charge in [0.25, 0.3) is 0 Å². The van der Waals surface area contributed by atoms with E-state index in [1.807, 2.05) is 13.8 Å². The zero-order valence-electron chi connectivity index (χ0n) is 14.2. The van der Waals surface area contributed by atoms with E-state index >= 15 is 0 Å². The number of ether oxygens (including phenoxy) is 1. The molecular formula is C16H25F2N2O2PS. The van der Waals surface area contributed by atoms with Gasteiger partial charge in [-0.2, -0.15) is 0 Å². The van der Waals surface area contributed by atoms with E-state index in [0.717, 1.165) is 30.5 Å². The highest BCUT2D eigenvalue weighted by Crippen LogP contribution is 2.45. The Morgan fingerprint density at radius 1 is 1.38 bits per heavy atom. The van der Waals surface area contributed by atoms with Gasteiger partial charge in [-0.3, -0.25) is 0 Å². The first kappa shape index (κ1) is 21.3. The van der Waals surface area contributed by atoms with E-state index in [1.165, 1.54) is 12.1 Å². The molecule has 2 aliphatic rings. The number of aliphatic hydroxyl groups excluding tert-OH is 1. The minimum Gasteiger partial charge on any atom is -0.400 e. The summed E-state index contributed by atoms with van der Waals surface area (Å²) >= 11 is 1.62. The van der Waals surface area contributed by atoms with Crippen molar-refractivity contribution in [3.63, 3.8) is 0 Å². The number of nitrogens with zero attached hydrogens (tertiary/aromatic N) is 1. The van der Waals surface area contributed by atoms with Gasteiger partial charge in [-0.1, -0.05) is 31.7 Å². The predicted molar refractivity (Wildman–Crippen MR) is 99.2 cm³/mol. The van der Waals surface area contributed by atoms with Gasteiger partial charge in [0, 0.05) is 37.0 Å². The number of nitrogens with one attached hydrogen (secondary N) is 1. The number of hydrogen-bond donors (Lipinski definition) is 2. The quantitative estimate of drug-likeness (QED) is 0.737. The van der Waals surface area contributed by atoms with Crippen LogP contribution in [0.4, 0.5) is 8.78 Å². The first-order chi connectivity index (χ1) is 11.7. The van der Waals surface area contributed by atoms with Crippen LogP contribution in [0.3, 0.4) is 0 Å².